The van der Waals surface area contributed by atoms with Gasteiger partial charge in [0.25, 0.3) is 0 Å². The molecule has 1 N–H and O–H groups in total. The molecule has 114 valence electrons. The Kier molecular flexibility index (Phi) is 5.76. The molecule has 0 fully saturated rings. The topological polar surface area (TPSA) is 42.7 Å². The molecule has 0 amide bonds. The number of rotatable bonds is 7. The monoisotopic (exact) mass is 306 g/mol. The van der Waals surface area contributed by atoms with Crippen molar-refractivity contribution in [2.75, 3.05) is 6.54 Å². The van der Waals surface area contributed by atoms with Crippen LogP contribution < -0.4 is 5.32 Å². The Morgan fingerprint density at radius 3 is 2.67 bits per heavy atom. The summed E-state index contributed by atoms with van der Waals surface area (Å²) in [5.41, 5.74) is 2.21. The lowest BCUT2D eigenvalue weighted by molar-refractivity contribution is 0.667. The summed E-state index contributed by atoms with van der Waals surface area (Å²) in [6, 6.07) is 5.96. The van der Waals surface area contributed by atoms with E-state index < -0.39 is 0 Å². The largest absolute Gasteiger partial charge is 0.313 e. The van der Waals surface area contributed by atoms with Crippen LogP contribution in [0.25, 0.3) is 5.69 Å². The van der Waals surface area contributed by atoms with Crippen LogP contribution in [-0.2, 0) is 19.4 Å². The number of hydrogen-bond acceptors (Lipinski definition) is 3. The standard InChI is InChI=1S/C16H23ClN4/c1-4-9-18-11-12-7-8-13(17)10-14(12)21-16(6-3)19-15(5-2)20-21/h7-8,10,18H,4-6,9,11H2,1-3H3. The fourth-order valence-corrected chi connectivity index (χ4v) is 2.41. The molecule has 1 aromatic heterocycles. The lowest BCUT2D eigenvalue weighted by Crippen LogP contribution is -2.16. The Morgan fingerprint density at radius 1 is 1.19 bits per heavy atom. The molecule has 0 unspecified atom stereocenters. The van der Waals surface area contributed by atoms with Crippen LogP contribution in [0.15, 0.2) is 18.2 Å². The quantitative estimate of drug-likeness (QED) is 0.796. The van der Waals surface area contributed by atoms with Crippen LogP contribution >= 0.6 is 11.6 Å². The van der Waals surface area contributed by atoms with Gasteiger partial charge in [-0.25, -0.2) is 9.67 Å². The number of aromatic nitrogens is 3. The highest BCUT2D eigenvalue weighted by atomic mass is 35.5. The second-order valence-electron chi connectivity index (χ2n) is 5.01. The van der Waals surface area contributed by atoms with E-state index in [1.54, 1.807) is 0 Å². The van der Waals surface area contributed by atoms with Crippen molar-refractivity contribution in [2.45, 2.75) is 46.6 Å². The highest BCUT2D eigenvalue weighted by Gasteiger charge is 2.13. The van der Waals surface area contributed by atoms with Gasteiger partial charge in [-0.2, -0.15) is 5.10 Å². The van der Waals surface area contributed by atoms with E-state index in [9.17, 15) is 0 Å². The number of hydrogen-bond donors (Lipinski definition) is 1. The van der Waals surface area contributed by atoms with Gasteiger partial charge in [-0.15, -0.1) is 0 Å². The first-order valence-electron chi connectivity index (χ1n) is 7.63. The molecule has 0 atom stereocenters. The predicted molar refractivity (Wildman–Crippen MR) is 87.1 cm³/mol. The highest BCUT2D eigenvalue weighted by molar-refractivity contribution is 6.30. The summed E-state index contributed by atoms with van der Waals surface area (Å²) in [5, 5.41) is 8.78. The molecule has 0 saturated heterocycles. The molecule has 1 heterocycles. The van der Waals surface area contributed by atoms with Crippen molar-refractivity contribution < 1.29 is 0 Å². The van der Waals surface area contributed by atoms with Gasteiger partial charge in [0, 0.05) is 24.4 Å². The average Bonchev–Trinajstić information content (AvgIpc) is 2.92. The fourth-order valence-electron chi connectivity index (χ4n) is 2.25. The molecule has 0 radical (unpaired) electrons. The van der Waals surface area contributed by atoms with E-state index in [4.69, 9.17) is 11.6 Å². The molecule has 0 aliphatic heterocycles. The molecule has 0 aliphatic rings. The van der Waals surface area contributed by atoms with Gasteiger partial charge in [-0.3, -0.25) is 0 Å². The van der Waals surface area contributed by atoms with Crippen molar-refractivity contribution in [3.8, 4) is 5.69 Å². The molecule has 0 saturated carbocycles. The summed E-state index contributed by atoms with van der Waals surface area (Å²) in [7, 11) is 0. The average molecular weight is 307 g/mol. The van der Waals surface area contributed by atoms with Crippen molar-refractivity contribution in [1.82, 2.24) is 20.1 Å². The molecule has 2 rings (SSSR count). The minimum atomic E-state index is 0.722. The van der Waals surface area contributed by atoms with Gasteiger partial charge in [0.15, 0.2) is 5.82 Å². The van der Waals surface area contributed by atoms with Crippen LogP contribution in [-0.4, -0.2) is 21.3 Å². The first kappa shape index (κ1) is 16.0. The molecule has 2 aromatic rings. The van der Waals surface area contributed by atoms with Crippen molar-refractivity contribution in [3.63, 3.8) is 0 Å². The lowest BCUT2D eigenvalue weighted by Gasteiger charge is -2.12. The van der Waals surface area contributed by atoms with Gasteiger partial charge in [-0.1, -0.05) is 38.4 Å². The molecule has 1 aromatic carbocycles. The van der Waals surface area contributed by atoms with Crippen molar-refractivity contribution in [3.05, 3.63) is 40.4 Å². The minimum Gasteiger partial charge on any atom is -0.313 e. The van der Waals surface area contributed by atoms with Gasteiger partial charge in [0.05, 0.1) is 5.69 Å². The third-order valence-corrected chi connectivity index (χ3v) is 3.60. The summed E-state index contributed by atoms with van der Waals surface area (Å²) in [6.07, 6.45) is 2.80. The van der Waals surface area contributed by atoms with Crippen LogP contribution in [0.3, 0.4) is 0 Å². The van der Waals surface area contributed by atoms with Gasteiger partial charge in [0.1, 0.15) is 5.82 Å². The Labute approximate surface area is 131 Å². The zero-order valence-corrected chi connectivity index (χ0v) is 13.7. The molecule has 21 heavy (non-hydrogen) atoms. The normalized spacial score (nSPS) is 11.0. The SMILES string of the molecule is CCCNCc1ccc(Cl)cc1-n1nc(CC)nc1CC. The zero-order chi connectivity index (χ0) is 15.2. The van der Waals surface area contributed by atoms with E-state index in [0.29, 0.717) is 0 Å². The van der Waals surface area contributed by atoms with Crippen LogP contribution in [0.5, 0.6) is 0 Å². The maximum absolute atomic E-state index is 6.18. The Bertz CT molecular complexity index is 592. The molecule has 0 aliphatic carbocycles. The summed E-state index contributed by atoms with van der Waals surface area (Å²) >= 11 is 6.18. The minimum absolute atomic E-state index is 0.722. The van der Waals surface area contributed by atoms with E-state index >= 15 is 0 Å². The number of halogens is 1. The first-order chi connectivity index (χ1) is 10.2. The number of benzene rings is 1. The number of nitrogens with zero attached hydrogens (tertiary/aromatic N) is 3. The van der Waals surface area contributed by atoms with E-state index in [0.717, 1.165) is 54.7 Å². The van der Waals surface area contributed by atoms with Crippen molar-refractivity contribution in [2.24, 2.45) is 0 Å². The number of nitrogens with one attached hydrogen (secondary N) is 1. The maximum Gasteiger partial charge on any atom is 0.151 e. The first-order valence-corrected chi connectivity index (χ1v) is 8.01. The van der Waals surface area contributed by atoms with E-state index in [1.807, 2.05) is 16.8 Å². The summed E-state index contributed by atoms with van der Waals surface area (Å²) in [6.45, 7) is 8.14. The van der Waals surface area contributed by atoms with E-state index in [2.05, 4.69) is 42.2 Å². The Morgan fingerprint density at radius 2 is 2.00 bits per heavy atom. The predicted octanol–water partition coefficient (Wildman–Crippen LogP) is 3.55. The lowest BCUT2D eigenvalue weighted by atomic mass is 10.1. The van der Waals surface area contributed by atoms with E-state index in [1.165, 1.54) is 5.56 Å². The van der Waals surface area contributed by atoms with Crippen molar-refractivity contribution in [1.29, 1.82) is 0 Å². The summed E-state index contributed by atoms with van der Waals surface area (Å²) in [5.74, 6) is 1.85. The zero-order valence-electron chi connectivity index (χ0n) is 13.0. The fraction of sp³-hybridized carbons (Fsp3) is 0.500. The Hall–Kier alpha value is -1.39. The summed E-state index contributed by atoms with van der Waals surface area (Å²) < 4.78 is 1.94. The smallest absolute Gasteiger partial charge is 0.151 e. The van der Waals surface area contributed by atoms with Gasteiger partial charge < -0.3 is 5.32 Å². The maximum atomic E-state index is 6.18. The summed E-state index contributed by atoms with van der Waals surface area (Å²) in [4.78, 5) is 4.58. The van der Waals surface area contributed by atoms with Gasteiger partial charge in [0.2, 0.25) is 0 Å². The third kappa shape index (κ3) is 3.83. The number of aryl methyl sites for hydroxylation is 2. The van der Waals surface area contributed by atoms with Crippen LogP contribution in [0.4, 0.5) is 0 Å². The molecule has 0 spiro atoms. The van der Waals surface area contributed by atoms with Crippen LogP contribution in [0.1, 0.15) is 44.4 Å². The third-order valence-electron chi connectivity index (χ3n) is 3.37. The molecular weight excluding hydrogens is 284 g/mol. The molecular formula is C16H23ClN4. The highest BCUT2D eigenvalue weighted by Crippen LogP contribution is 2.21. The molecule has 0 bridgehead atoms. The molecule has 4 nitrogen and oxygen atoms in total. The Balaban J connectivity index is 2.41. The second-order valence-corrected chi connectivity index (χ2v) is 5.45. The second kappa shape index (κ2) is 7.57. The van der Waals surface area contributed by atoms with E-state index in [-0.39, 0.29) is 0 Å². The van der Waals surface area contributed by atoms with Crippen LogP contribution in [0, 0.1) is 0 Å². The molecule has 5 heteroatoms. The van der Waals surface area contributed by atoms with Gasteiger partial charge >= 0.3 is 0 Å². The van der Waals surface area contributed by atoms with Crippen LogP contribution in [0.2, 0.25) is 5.02 Å². The van der Waals surface area contributed by atoms with Crippen molar-refractivity contribution >= 4 is 11.6 Å². The van der Waals surface area contributed by atoms with Gasteiger partial charge in [-0.05, 0) is 30.7 Å².